The van der Waals surface area contributed by atoms with E-state index in [4.69, 9.17) is 5.11 Å². The van der Waals surface area contributed by atoms with Gasteiger partial charge < -0.3 is 10.1 Å². The molecule has 98 valence electrons. The fourth-order valence-corrected chi connectivity index (χ4v) is 2.28. The molecule has 2 heterocycles. The van der Waals surface area contributed by atoms with Crippen molar-refractivity contribution < 1.29 is 9.90 Å². The number of benzene rings is 1. The highest BCUT2D eigenvalue weighted by molar-refractivity contribution is 5.81. The van der Waals surface area contributed by atoms with E-state index in [0.29, 0.717) is 17.4 Å². The van der Waals surface area contributed by atoms with Crippen molar-refractivity contribution in [3.63, 3.8) is 0 Å². The zero-order valence-electron chi connectivity index (χ0n) is 10.8. The molecule has 0 atom stereocenters. The van der Waals surface area contributed by atoms with Crippen LogP contribution in [0.15, 0.2) is 24.4 Å². The lowest BCUT2D eigenvalue weighted by Gasteiger charge is -2.03. The second-order valence-corrected chi connectivity index (χ2v) is 5.06. The van der Waals surface area contributed by atoms with Gasteiger partial charge in [-0.25, -0.2) is 4.98 Å². The Morgan fingerprint density at radius 3 is 2.95 bits per heavy atom. The van der Waals surface area contributed by atoms with E-state index >= 15 is 0 Å². The number of nitrogens with one attached hydrogen (secondary N) is 1. The number of fused-ring (bicyclic) bond motifs is 3. The number of hydrogen-bond donors (Lipinski definition) is 2. The number of aromatic nitrogens is 3. The van der Waals surface area contributed by atoms with E-state index in [1.165, 1.54) is 5.56 Å². The molecule has 0 aliphatic carbocycles. The number of carboxylic acids is 1. The fourth-order valence-electron chi connectivity index (χ4n) is 2.28. The van der Waals surface area contributed by atoms with Gasteiger partial charge in [0.25, 0.3) is 0 Å². The Bertz CT molecular complexity index is 768. The maximum absolute atomic E-state index is 10.7. The van der Waals surface area contributed by atoms with E-state index in [2.05, 4.69) is 35.9 Å². The van der Waals surface area contributed by atoms with Gasteiger partial charge in [-0.3, -0.25) is 9.20 Å². The lowest BCUT2D eigenvalue weighted by molar-refractivity contribution is -0.136. The Kier molecular flexibility index (Phi) is 2.55. The third-order valence-corrected chi connectivity index (χ3v) is 3.28. The summed E-state index contributed by atoms with van der Waals surface area (Å²) in [5.41, 5.74) is 3.83. The number of H-pyrrole nitrogens is 1. The van der Waals surface area contributed by atoms with Crippen LogP contribution >= 0.6 is 0 Å². The van der Waals surface area contributed by atoms with Crippen LogP contribution in [0.3, 0.4) is 0 Å². The van der Waals surface area contributed by atoms with E-state index in [9.17, 15) is 4.79 Å². The SMILES string of the molecule is CC(C)c1ccc2c(c1)nc1[nH]c(CC(=O)O)cn12. The maximum atomic E-state index is 10.7. The minimum absolute atomic E-state index is 0.0189. The number of hydrogen-bond acceptors (Lipinski definition) is 2. The molecule has 0 bridgehead atoms. The third-order valence-electron chi connectivity index (χ3n) is 3.28. The van der Waals surface area contributed by atoms with Crippen LogP contribution < -0.4 is 0 Å². The molecule has 0 saturated carbocycles. The normalized spacial score (nSPS) is 11.7. The van der Waals surface area contributed by atoms with E-state index in [1.807, 2.05) is 10.5 Å². The molecule has 0 aliphatic rings. The van der Waals surface area contributed by atoms with Crippen LogP contribution in [0.25, 0.3) is 16.8 Å². The smallest absolute Gasteiger partial charge is 0.309 e. The first kappa shape index (κ1) is 11.8. The average molecular weight is 257 g/mol. The van der Waals surface area contributed by atoms with E-state index in [-0.39, 0.29) is 6.42 Å². The van der Waals surface area contributed by atoms with Crippen LogP contribution in [0.2, 0.25) is 0 Å². The van der Waals surface area contributed by atoms with Gasteiger partial charge in [0.2, 0.25) is 5.78 Å². The molecule has 19 heavy (non-hydrogen) atoms. The fraction of sp³-hybridized carbons (Fsp3) is 0.286. The Labute approximate surface area is 109 Å². The van der Waals surface area contributed by atoms with Crippen LogP contribution in [-0.4, -0.2) is 25.4 Å². The van der Waals surface area contributed by atoms with Gasteiger partial charge in [-0.2, -0.15) is 0 Å². The van der Waals surface area contributed by atoms with E-state index in [0.717, 1.165) is 11.0 Å². The molecule has 0 amide bonds. The van der Waals surface area contributed by atoms with Crippen LogP contribution in [0.4, 0.5) is 0 Å². The molecular weight excluding hydrogens is 242 g/mol. The summed E-state index contributed by atoms with van der Waals surface area (Å²) in [7, 11) is 0. The molecule has 2 N–H and O–H groups in total. The lowest BCUT2D eigenvalue weighted by atomic mass is 10.0. The number of carbonyl (C=O) groups is 1. The maximum Gasteiger partial charge on any atom is 0.309 e. The average Bonchev–Trinajstić information content (AvgIpc) is 2.83. The number of imidazole rings is 2. The van der Waals surface area contributed by atoms with Crippen molar-refractivity contribution in [2.45, 2.75) is 26.2 Å². The van der Waals surface area contributed by atoms with Crippen molar-refractivity contribution in [3.05, 3.63) is 35.7 Å². The van der Waals surface area contributed by atoms with Gasteiger partial charge in [-0.15, -0.1) is 0 Å². The van der Waals surface area contributed by atoms with Crippen molar-refractivity contribution in [2.24, 2.45) is 0 Å². The minimum Gasteiger partial charge on any atom is -0.481 e. The highest BCUT2D eigenvalue weighted by Gasteiger charge is 2.11. The van der Waals surface area contributed by atoms with E-state index in [1.54, 1.807) is 6.20 Å². The Hall–Kier alpha value is -2.30. The summed E-state index contributed by atoms with van der Waals surface area (Å²) in [6.45, 7) is 4.29. The number of nitrogens with zero attached hydrogens (tertiary/aromatic N) is 2. The van der Waals surface area contributed by atoms with Crippen molar-refractivity contribution in [3.8, 4) is 0 Å². The highest BCUT2D eigenvalue weighted by atomic mass is 16.4. The van der Waals surface area contributed by atoms with Crippen molar-refractivity contribution >= 4 is 22.8 Å². The summed E-state index contributed by atoms with van der Waals surface area (Å²) >= 11 is 0. The quantitative estimate of drug-likeness (QED) is 0.757. The molecule has 0 radical (unpaired) electrons. The van der Waals surface area contributed by atoms with Crippen molar-refractivity contribution in [2.75, 3.05) is 0 Å². The first-order valence-corrected chi connectivity index (χ1v) is 6.26. The van der Waals surface area contributed by atoms with Gasteiger partial charge in [0, 0.05) is 11.9 Å². The van der Waals surface area contributed by atoms with Crippen LogP contribution in [0.5, 0.6) is 0 Å². The lowest BCUT2D eigenvalue weighted by Crippen LogP contribution is -1.99. The van der Waals surface area contributed by atoms with Gasteiger partial charge in [0.05, 0.1) is 17.5 Å². The Morgan fingerprint density at radius 2 is 2.26 bits per heavy atom. The predicted molar refractivity (Wildman–Crippen MR) is 72.5 cm³/mol. The second-order valence-electron chi connectivity index (χ2n) is 5.06. The molecule has 2 aromatic heterocycles. The zero-order chi connectivity index (χ0) is 13.6. The molecule has 0 saturated heterocycles. The standard InChI is InChI=1S/C14H15N3O2/c1-8(2)9-3-4-12-11(5-9)16-14-15-10(6-13(18)19)7-17(12)14/h3-5,7-8H,6H2,1-2H3,(H,15,16)(H,18,19). The van der Waals surface area contributed by atoms with Gasteiger partial charge >= 0.3 is 5.97 Å². The summed E-state index contributed by atoms with van der Waals surface area (Å²) in [5.74, 6) is 0.301. The predicted octanol–water partition coefficient (Wildman–Crippen LogP) is 2.57. The molecule has 0 fully saturated rings. The number of aliphatic carboxylic acids is 1. The van der Waals surface area contributed by atoms with Gasteiger partial charge in [0.15, 0.2) is 0 Å². The molecule has 5 nitrogen and oxygen atoms in total. The minimum atomic E-state index is -0.851. The molecule has 0 spiro atoms. The van der Waals surface area contributed by atoms with Crippen molar-refractivity contribution in [1.29, 1.82) is 0 Å². The van der Waals surface area contributed by atoms with Gasteiger partial charge in [-0.1, -0.05) is 19.9 Å². The molecule has 0 unspecified atom stereocenters. The third kappa shape index (κ3) is 1.97. The Morgan fingerprint density at radius 1 is 1.47 bits per heavy atom. The summed E-state index contributed by atoms with van der Waals surface area (Å²) in [6, 6.07) is 6.20. The van der Waals surface area contributed by atoms with Gasteiger partial charge in [-0.05, 0) is 23.6 Å². The summed E-state index contributed by atoms with van der Waals surface area (Å²) in [4.78, 5) is 18.2. The Balaban J connectivity index is 2.13. The van der Waals surface area contributed by atoms with Crippen LogP contribution in [0.1, 0.15) is 31.0 Å². The number of rotatable bonds is 3. The summed E-state index contributed by atoms with van der Waals surface area (Å²) in [5, 5.41) is 8.79. The summed E-state index contributed by atoms with van der Waals surface area (Å²) in [6.07, 6.45) is 1.78. The summed E-state index contributed by atoms with van der Waals surface area (Å²) < 4.78 is 1.90. The first-order chi connectivity index (χ1) is 9.04. The molecule has 5 heteroatoms. The topological polar surface area (TPSA) is 70.4 Å². The first-order valence-electron chi connectivity index (χ1n) is 6.26. The van der Waals surface area contributed by atoms with Crippen LogP contribution in [0, 0.1) is 0 Å². The second kappa shape index (κ2) is 4.12. The molecular formula is C14H15N3O2. The number of carboxylic acid groups (broad SMARTS) is 1. The molecule has 3 aromatic rings. The molecule has 3 rings (SSSR count). The monoisotopic (exact) mass is 257 g/mol. The highest BCUT2D eigenvalue weighted by Crippen LogP contribution is 2.22. The van der Waals surface area contributed by atoms with Crippen molar-refractivity contribution in [1.82, 2.24) is 14.4 Å². The molecule has 0 aliphatic heterocycles. The number of aromatic amines is 1. The van der Waals surface area contributed by atoms with Crippen LogP contribution in [-0.2, 0) is 11.2 Å². The van der Waals surface area contributed by atoms with E-state index < -0.39 is 5.97 Å². The molecule has 1 aromatic carbocycles. The van der Waals surface area contributed by atoms with Gasteiger partial charge in [0.1, 0.15) is 0 Å². The zero-order valence-corrected chi connectivity index (χ0v) is 10.8. The largest absolute Gasteiger partial charge is 0.481 e.